The number of carbonyl (C=O) groups excluding carboxylic acids is 3. The third-order valence-corrected chi connectivity index (χ3v) is 4.85. The quantitative estimate of drug-likeness (QED) is 0.605. The molecule has 160 valence electrons. The van der Waals surface area contributed by atoms with Crippen LogP contribution in [0.15, 0.2) is 18.2 Å². The van der Waals surface area contributed by atoms with Crippen LogP contribution in [0, 0.1) is 0 Å². The van der Waals surface area contributed by atoms with Crippen molar-refractivity contribution in [3.8, 4) is 11.5 Å². The molecule has 1 aliphatic heterocycles. The number of ether oxygens (including phenoxy) is 2. The summed E-state index contributed by atoms with van der Waals surface area (Å²) < 4.78 is 10.9. The number of nitrogens with zero attached hydrogens (tertiary/aromatic N) is 2. The van der Waals surface area contributed by atoms with Gasteiger partial charge >= 0.3 is 6.03 Å². The van der Waals surface area contributed by atoms with Gasteiger partial charge in [0.05, 0.1) is 13.7 Å². The van der Waals surface area contributed by atoms with Gasteiger partial charge in [-0.2, -0.15) is 0 Å². The van der Waals surface area contributed by atoms with Gasteiger partial charge in [0.25, 0.3) is 5.91 Å². The van der Waals surface area contributed by atoms with Crippen molar-refractivity contribution in [3.63, 3.8) is 0 Å². The average Bonchev–Trinajstić information content (AvgIpc) is 2.88. The zero-order valence-electron chi connectivity index (χ0n) is 17.9. The Kier molecular flexibility index (Phi) is 7.47. The van der Waals surface area contributed by atoms with Crippen LogP contribution in [0.5, 0.6) is 11.5 Å². The predicted molar refractivity (Wildman–Crippen MR) is 109 cm³/mol. The third kappa shape index (κ3) is 5.40. The van der Waals surface area contributed by atoms with Crippen molar-refractivity contribution in [2.45, 2.75) is 52.6 Å². The van der Waals surface area contributed by atoms with Gasteiger partial charge in [-0.15, -0.1) is 0 Å². The van der Waals surface area contributed by atoms with E-state index in [9.17, 15) is 14.4 Å². The van der Waals surface area contributed by atoms with Crippen LogP contribution in [0.2, 0.25) is 0 Å². The van der Waals surface area contributed by atoms with E-state index in [1.807, 2.05) is 32.0 Å². The smallest absolute Gasteiger partial charge is 0.325 e. The van der Waals surface area contributed by atoms with Gasteiger partial charge in [0.1, 0.15) is 5.54 Å². The number of nitrogens with one attached hydrogen (secondary N) is 1. The van der Waals surface area contributed by atoms with Crippen molar-refractivity contribution in [2.75, 3.05) is 26.8 Å². The summed E-state index contributed by atoms with van der Waals surface area (Å²) in [6.45, 7) is 8.95. The molecule has 0 aliphatic carbocycles. The number of amides is 4. The van der Waals surface area contributed by atoms with Crippen molar-refractivity contribution in [3.05, 3.63) is 23.8 Å². The fourth-order valence-corrected chi connectivity index (χ4v) is 3.25. The maximum Gasteiger partial charge on any atom is 0.325 e. The number of hydrogen-bond donors (Lipinski definition) is 1. The van der Waals surface area contributed by atoms with Crippen LogP contribution >= 0.6 is 0 Å². The third-order valence-electron chi connectivity index (χ3n) is 4.85. The molecule has 1 aromatic rings. The number of imide groups is 1. The first-order valence-corrected chi connectivity index (χ1v) is 9.95. The first kappa shape index (κ1) is 22.5. The molecule has 8 nitrogen and oxygen atoms in total. The molecule has 0 atom stereocenters. The minimum Gasteiger partial charge on any atom is -0.493 e. The standard InChI is InChI=1S/C21H31N3O5/c1-6-23(14-15-10-11-16(29-7-2)17(13-15)28-5)18(25)9-8-12-24-19(26)21(3,4)22-20(24)27/h10-11,13H,6-9,12,14H2,1-5H3,(H,22,27). The Labute approximate surface area is 172 Å². The Balaban J connectivity index is 1.92. The number of rotatable bonds is 10. The second kappa shape index (κ2) is 9.62. The van der Waals surface area contributed by atoms with Crippen LogP contribution < -0.4 is 14.8 Å². The van der Waals surface area contributed by atoms with Crippen LogP contribution in [-0.2, 0) is 16.1 Å². The van der Waals surface area contributed by atoms with Gasteiger partial charge in [-0.05, 0) is 51.8 Å². The normalized spacial score (nSPS) is 15.3. The van der Waals surface area contributed by atoms with Crippen LogP contribution in [-0.4, -0.2) is 60.0 Å². The van der Waals surface area contributed by atoms with Crippen LogP contribution in [0.3, 0.4) is 0 Å². The average molecular weight is 405 g/mol. The van der Waals surface area contributed by atoms with E-state index >= 15 is 0 Å². The molecule has 0 spiro atoms. The minimum atomic E-state index is -0.886. The predicted octanol–water partition coefficient (Wildman–Crippen LogP) is 2.55. The van der Waals surface area contributed by atoms with Gasteiger partial charge < -0.3 is 19.7 Å². The van der Waals surface area contributed by atoms with Crippen LogP contribution in [0.1, 0.15) is 46.1 Å². The molecular formula is C21H31N3O5. The molecule has 0 saturated carbocycles. The molecule has 0 bridgehead atoms. The number of methoxy groups -OCH3 is 1. The highest BCUT2D eigenvalue weighted by Crippen LogP contribution is 2.28. The summed E-state index contributed by atoms with van der Waals surface area (Å²) in [5.74, 6) is 1.02. The fourth-order valence-electron chi connectivity index (χ4n) is 3.25. The summed E-state index contributed by atoms with van der Waals surface area (Å²) in [7, 11) is 1.58. The van der Waals surface area contributed by atoms with Gasteiger partial charge in [-0.1, -0.05) is 6.07 Å². The van der Waals surface area contributed by atoms with E-state index in [0.717, 1.165) is 5.56 Å². The molecule has 0 aromatic heterocycles. The second-order valence-corrected chi connectivity index (χ2v) is 7.44. The molecule has 1 fully saturated rings. The van der Waals surface area contributed by atoms with E-state index in [1.54, 1.807) is 25.9 Å². The molecular weight excluding hydrogens is 374 g/mol. The van der Waals surface area contributed by atoms with Crippen molar-refractivity contribution in [1.29, 1.82) is 0 Å². The lowest BCUT2D eigenvalue weighted by atomic mass is 10.1. The molecule has 1 heterocycles. The van der Waals surface area contributed by atoms with Gasteiger partial charge in [-0.25, -0.2) is 4.79 Å². The van der Waals surface area contributed by atoms with E-state index in [1.165, 1.54) is 4.90 Å². The molecule has 0 radical (unpaired) electrons. The second-order valence-electron chi connectivity index (χ2n) is 7.44. The van der Waals surface area contributed by atoms with E-state index < -0.39 is 11.6 Å². The van der Waals surface area contributed by atoms with E-state index in [2.05, 4.69) is 5.32 Å². The van der Waals surface area contributed by atoms with Crippen LogP contribution in [0.25, 0.3) is 0 Å². The molecule has 1 N–H and O–H groups in total. The highest BCUT2D eigenvalue weighted by molar-refractivity contribution is 6.06. The lowest BCUT2D eigenvalue weighted by molar-refractivity contribution is -0.133. The number of urea groups is 1. The van der Waals surface area contributed by atoms with Gasteiger partial charge in [0.15, 0.2) is 11.5 Å². The van der Waals surface area contributed by atoms with Crippen molar-refractivity contribution < 1.29 is 23.9 Å². The molecule has 1 aliphatic rings. The first-order valence-electron chi connectivity index (χ1n) is 9.95. The molecule has 2 rings (SSSR count). The van der Waals surface area contributed by atoms with Crippen molar-refractivity contribution in [1.82, 2.24) is 15.1 Å². The zero-order valence-corrected chi connectivity index (χ0v) is 17.9. The summed E-state index contributed by atoms with van der Waals surface area (Å²) in [5.41, 5.74) is 0.0554. The lowest BCUT2D eigenvalue weighted by Crippen LogP contribution is -2.40. The molecule has 29 heavy (non-hydrogen) atoms. The summed E-state index contributed by atoms with van der Waals surface area (Å²) in [6, 6.07) is 5.23. The Morgan fingerprint density at radius 2 is 1.93 bits per heavy atom. The Bertz CT molecular complexity index is 763. The highest BCUT2D eigenvalue weighted by Gasteiger charge is 2.43. The maximum absolute atomic E-state index is 12.6. The van der Waals surface area contributed by atoms with Crippen molar-refractivity contribution >= 4 is 17.8 Å². The number of hydrogen-bond acceptors (Lipinski definition) is 5. The molecule has 1 saturated heterocycles. The topological polar surface area (TPSA) is 88.2 Å². The Morgan fingerprint density at radius 1 is 1.21 bits per heavy atom. The molecule has 1 aromatic carbocycles. The summed E-state index contributed by atoms with van der Waals surface area (Å²) in [6.07, 6.45) is 0.691. The summed E-state index contributed by atoms with van der Waals surface area (Å²) in [4.78, 5) is 39.7. The monoisotopic (exact) mass is 405 g/mol. The molecule has 4 amide bonds. The Hall–Kier alpha value is -2.77. The molecule has 8 heteroatoms. The molecule has 0 unspecified atom stereocenters. The minimum absolute atomic E-state index is 0.0216. The largest absolute Gasteiger partial charge is 0.493 e. The summed E-state index contributed by atoms with van der Waals surface area (Å²) >= 11 is 0. The van der Waals surface area contributed by atoms with Gasteiger partial charge in [-0.3, -0.25) is 14.5 Å². The Morgan fingerprint density at radius 3 is 2.48 bits per heavy atom. The van der Waals surface area contributed by atoms with Gasteiger partial charge in [0.2, 0.25) is 5.91 Å². The number of benzene rings is 1. The first-order chi connectivity index (χ1) is 13.7. The number of carbonyl (C=O) groups is 3. The summed E-state index contributed by atoms with van der Waals surface area (Å²) in [5, 5.41) is 2.64. The lowest BCUT2D eigenvalue weighted by Gasteiger charge is -2.22. The maximum atomic E-state index is 12.6. The van der Waals surface area contributed by atoms with Crippen LogP contribution in [0.4, 0.5) is 4.79 Å². The highest BCUT2D eigenvalue weighted by atomic mass is 16.5. The van der Waals surface area contributed by atoms with E-state index in [-0.39, 0.29) is 24.8 Å². The van der Waals surface area contributed by atoms with Crippen molar-refractivity contribution in [2.24, 2.45) is 0 Å². The SMILES string of the molecule is CCOc1ccc(CN(CC)C(=O)CCCN2C(=O)NC(C)(C)C2=O)cc1OC. The fraction of sp³-hybridized carbons (Fsp3) is 0.571. The van der Waals surface area contributed by atoms with E-state index in [0.29, 0.717) is 37.6 Å². The van der Waals surface area contributed by atoms with Gasteiger partial charge in [0, 0.05) is 26.1 Å². The van der Waals surface area contributed by atoms with E-state index in [4.69, 9.17) is 9.47 Å². The zero-order chi connectivity index (χ0) is 21.6.